The predicted octanol–water partition coefficient (Wildman–Crippen LogP) is 0.429. The van der Waals surface area contributed by atoms with E-state index < -0.39 is 0 Å². The third kappa shape index (κ3) is 2.66. The van der Waals surface area contributed by atoms with E-state index in [0.29, 0.717) is 18.9 Å². The van der Waals surface area contributed by atoms with Crippen molar-refractivity contribution in [3.05, 3.63) is 30.4 Å². The number of nitrogens with one attached hydrogen (secondary N) is 1. The Labute approximate surface area is 116 Å². The van der Waals surface area contributed by atoms with Gasteiger partial charge in [-0.1, -0.05) is 5.16 Å². The van der Waals surface area contributed by atoms with E-state index in [4.69, 9.17) is 9.78 Å². The van der Waals surface area contributed by atoms with Gasteiger partial charge in [-0.15, -0.1) is 0 Å². The molecule has 1 aliphatic heterocycles. The molecule has 1 aliphatic rings. The van der Waals surface area contributed by atoms with Crippen LogP contribution in [0.3, 0.4) is 0 Å². The van der Waals surface area contributed by atoms with Crippen molar-refractivity contribution in [2.24, 2.45) is 0 Å². The molecular formula is C13H14N6O. The molecule has 0 aromatic carbocycles. The van der Waals surface area contributed by atoms with Crippen LogP contribution in [0, 0.1) is 11.3 Å². The molecule has 7 heteroatoms. The lowest BCUT2D eigenvalue weighted by Gasteiger charge is -2.31. The average Bonchev–Trinajstić information content (AvgIpc) is 3.02. The summed E-state index contributed by atoms with van der Waals surface area (Å²) in [6.45, 7) is 3.15. The fourth-order valence-corrected chi connectivity index (χ4v) is 2.29. The van der Waals surface area contributed by atoms with Crippen LogP contribution in [-0.4, -0.2) is 45.7 Å². The standard InChI is InChI=1S/C13H14N6O/c14-4-12-7-15-1-2-19(12)8-10-3-11(6-16-5-10)13-17-9-20-18-13/h3,5-6,9,12,15H,1-2,7-8H2. The van der Waals surface area contributed by atoms with Crippen molar-refractivity contribution in [3.63, 3.8) is 0 Å². The Morgan fingerprint density at radius 2 is 2.45 bits per heavy atom. The zero-order valence-electron chi connectivity index (χ0n) is 10.9. The molecule has 102 valence electrons. The second-order valence-corrected chi connectivity index (χ2v) is 4.66. The normalized spacial score (nSPS) is 19.6. The first kappa shape index (κ1) is 12.7. The Bertz CT molecular complexity index is 606. The number of piperazine rings is 1. The van der Waals surface area contributed by atoms with Gasteiger partial charge in [0.15, 0.2) is 0 Å². The monoisotopic (exact) mass is 270 g/mol. The van der Waals surface area contributed by atoms with E-state index in [1.807, 2.05) is 6.07 Å². The quantitative estimate of drug-likeness (QED) is 0.864. The van der Waals surface area contributed by atoms with Gasteiger partial charge in [0.05, 0.1) is 6.07 Å². The van der Waals surface area contributed by atoms with E-state index in [1.165, 1.54) is 6.39 Å². The molecule has 7 nitrogen and oxygen atoms in total. The summed E-state index contributed by atoms with van der Waals surface area (Å²) in [5, 5.41) is 16.2. The predicted molar refractivity (Wildman–Crippen MR) is 70.2 cm³/mol. The molecular weight excluding hydrogens is 256 g/mol. The fourth-order valence-electron chi connectivity index (χ4n) is 2.29. The summed E-state index contributed by atoms with van der Waals surface area (Å²) in [5.74, 6) is 0.525. The van der Waals surface area contributed by atoms with Crippen LogP contribution in [0.2, 0.25) is 0 Å². The SMILES string of the molecule is N#CC1CNCCN1Cc1cncc(-c2ncon2)c1. The van der Waals surface area contributed by atoms with Crippen molar-refractivity contribution >= 4 is 0 Å². The van der Waals surface area contributed by atoms with Gasteiger partial charge >= 0.3 is 0 Å². The Morgan fingerprint density at radius 1 is 1.50 bits per heavy atom. The molecule has 3 heterocycles. The summed E-state index contributed by atoms with van der Waals surface area (Å²) in [6, 6.07) is 4.20. The molecule has 1 fully saturated rings. The highest BCUT2D eigenvalue weighted by Crippen LogP contribution is 2.16. The number of pyridine rings is 1. The molecule has 2 aromatic heterocycles. The Hall–Kier alpha value is -2.30. The fraction of sp³-hybridized carbons (Fsp3) is 0.385. The highest BCUT2D eigenvalue weighted by molar-refractivity contribution is 5.53. The molecule has 0 spiro atoms. The van der Waals surface area contributed by atoms with Gasteiger partial charge in [-0.05, 0) is 11.6 Å². The van der Waals surface area contributed by atoms with Crippen LogP contribution >= 0.6 is 0 Å². The van der Waals surface area contributed by atoms with Gasteiger partial charge in [0.2, 0.25) is 12.2 Å². The minimum absolute atomic E-state index is 0.0995. The number of rotatable bonds is 3. The van der Waals surface area contributed by atoms with E-state index in [1.54, 1.807) is 12.4 Å². The minimum Gasteiger partial charge on any atom is -0.342 e. The van der Waals surface area contributed by atoms with E-state index in [0.717, 1.165) is 24.2 Å². The summed E-state index contributed by atoms with van der Waals surface area (Å²) in [4.78, 5) is 10.4. The van der Waals surface area contributed by atoms with Crippen molar-refractivity contribution in [2.75, 3.05) is 19.6 Å². The van der Waals surface area contributed by atoms with E-state index in [-0.39, 0.29) is 6.04 Å². The highest BCUT2D eigenvalue weighted by Gasteiger charge is 2.21. The molecule has 0 radical (unpaired) electrons. The topological polar surface area (TPSA) is 90.9 Å². The lowest BCUT2D eigenvalue weighted by atomic mass is 10.1. The Balaban J connectivity index is 1.77. The van der Waals surface area contributed by atoms with Crippen molar-refractivity contribution in [1.82, 2.24) is 25.3 Å². The second kappa shape index (κ2) is 5.77. The largest absolute Gasteiger partial charge is 0.342 e. The third-order valence-electron chi connectivity index (χ3n) is 3.30. The van der Waals surface area contributed by atoms with Gasteiger partial charge in [-0.25, -0.2) is 0 Å². The maximum absolute atomic E-state index is 9.16. The van der Waals surface area contributed by atoms with Gasteiger partial charge in [0.25, 0.3) is 0 Å². The van der Waals surface area contributed by atoms with Crippen LogP contribution in [0.1, 0.15) is 5.56 Å². The first-order valence-electron chi connectivity index (χ1n) is 6.42. The third-order valence-corrected chi connectivity index (χ3v) is 3.30. The highest BCUT2D eigenvalue weighted by atomic mass is 16.5. The van der Waals surface area contributed by atoms with Crippen LogP contribution in [0.4, 0.5) is 0 Å². The summed E-state index contributed by atoms with van der Waals surface area (Å²) >= 11 is 0. The summed E-state index contributed by atoms with van der Waals surface area (Å²) < 4.78 is 4.74. The molecule has 1 N–H and O–H groups in total. The average molecular weight is 270 g/mol. The van der Waals surface area contributed by atoms with Gasteiger partial charge in [0.1, 0.15) is 6.04 Å². The summed E-state index contributed by atoms with van der Waals surface area (Å²) in [7, 11) is 0. The van der Waals surface area contributed by atoms with Crippen molar-refractivity contribution in [2.45, 2.75) is 12.6 Å². The summed E-state index contributed by atoms with van der Waals surface area (Å²) in [6.07, 6.45) is 4.80. The summed E-state index contributed by atoms with van der Waals surface area (Å²) in [5.41, 5.74) is 1.86. The number of nitriles is 1. The molecule has 2 aromatic rings. The number of nitrogens with zero attached hydrogens (tertiary/aromatic N) is 5. The van der Waals surface area contributed by atoms with Gasteiger partial charge < -0.3 is 9.84 Å². The maximum atomic E-state index is 9.16. The first-order chi connectivity index (χ1) is 9.86. The lowest BCUT2D eigenvalue weighted by Crippen LogP contribution is -2.49. The van der Waals surface area contributed by atoms with Crippen molar-refractivity contribution < 1.29 is 4.52 Å². The number of hydrogen-bond acceptors (Lipinski definition) is 7. The number of aromatic nitrogens is 3. The van der Waals surface area contributed by atoms with Crippen LogP contribution in [0.15, 0.2) is 29.4 Å². The van der Waals surface area contributed by atoms with Gasteiger partial charge in [-0.2, -0.15) is 10.2 Å². The first-order valence-corrected chi connectivity index (χ1v) is 6.42. The smallest absolute Gasteiger partial charge is 0.214 e. The molecule has 0 aliphatic carbocycles. The van der Waals surface area contributed by atoms with Gasteiger partial charge in [0, 0.05) is 44.1 Å². The lowest BCUT2D eigenvalue weighted by molar-refractivity contribution is 0.189. The molecule has 1 saturated heterocycles. The Kier molecular flexibility index (Phi) is 3.67. The zero-order valence-corrected chi connectivity index (χ0v) is 10.9. The molecule has 0 bridgehead atoms. The van der Waals surface area contributed by atoms with Crippen LogP contribution < -0.4 is 5.32 Å². The molecule has 0 saturated carbocycles. The van der Waals surface area contributed by atoms with Crippen LogP contribution in [0.5, 0.6) is 0 Å². The number of hydrogen-bond donors (Lipinski definition) is 1. The molecule has 3 rings (SSSR count). The minimum atomic E-state index is -0.0995. The molecule has 1 unspecified atom stereocenters. The molecule has 0 amide bonds. The maximum Gasteiger partial charge on any atom is 0.214 e. The zero-order chi connectivity index (χ0) is 13.8. The van der Waals surface area contributed by atoms with Crippen LogP contribution in [-0.2, 0) is 6.54 Å². The van der Waals surface area contributed by atoms with E-state index in [2.05, 4.69) is 31.4 Å². The van der Waals surface area contributed by atoms with Gasteiger partial charge in [-0.3, -0.25) is 9.88 Å². The second-order valence-electron chi connectivity index (χ2n) is 4.66. The van der Waals surface area contributed by atoms with E-state index in [9.17, 15) is 0 Å². The van der Waals surface area contributed by atoms with Crippen LogP contribution in [0.25, 0.3) is 11.4 Å². The molecule has 1 atom stereocenters. The van der Waals surface area contributed by atoms with E-state index >= 15 is 0 Å². The van der Waals surface area contributed by atoms with Crippen molar-refractivity contribution in [1.29, 1.82) is 5.26 Å². The Morgan fingerprint density at radius 3 is 3.25 bits per heavy atom. The van der Waals surface area contributed by atoms with Crippen molar-refractivity contribution in [3.8, 4) is 17.5 Å². The molecule has 20 heavy (non-hydrogen) atoms.